The van der Waals surface area contributed by atoms with Crippen LogP contribution >= 0.6 is 11.8 Å². The first-order valence-corrected chi connectivity index (χ1v) is 7.19. The van der Waals surface area contributed by atoms with Crippen LogP contribution in [0.15, 0.2) is 24.3 Å². The van der Waals surface area contributed by atoms with Gasteiger partial charge in [0.25, 0.3) is 0 Å². The molecule has 2 nitrogen and oxygen atoms in total. The fraction of sp³-hybridized carbons (Fsp3) is 0.500. The molecule has 0 spiro atoms. The summed E-state index contributed by atoms with van der Waals surface area (Å²) in [6.45, 7) is 2.14. The highest BCUT2D eigenvalue weighted by Crippen LogP contribution is 2.17. The molecule has 0 radical (unpaired) electrons. The molecule has 0 aliphatic rings. The van der Waals surface area contributed by atoms with E-state index in [0.717, 1.165) is 30.8 Å². The van der Waals surface area contributed by atoms with Crippen LogP contribution in [-0.2, 0) is 10.5 Å². The van der Waals surface area contributed by atoms with Gasteiger partial charge in [0.1, 0.15) is 0 Å². The van der Waals surface area contributed by atoms with E-state index in [9.17, 15) is 4.79 Å². The fourth-order valence-corrected chi connectivity index (χ4v) is 2.71. The summed E-state index contributed by atoms with van der Waals surface area (Å²) in [7, 11) is 0. The number of rotatable bonds is 8. The molecule has 0 bridgehead atoms. The summed E-state index contributed by atoms with van der Waals surface area (Å²) in [5.74, 6) is 1.50. The molecule has 1 aromatic rings. The lowest BCUT2D eigenvalue weighted by atomic mass is 10.1. The smallest absolute Gasteiger partial charge is 0.303 e. The minimum absolute atomic E-state index is 0.308. The Hall–Kier alpha value is -0.960. The van der Waals surface area contributed by atoms with Crippen LogP contribution < -0.4 is 0 Å². The summed E-state index contributed by atoms with van der Waals surface area (Å²) in [5.41, 5.74) is 2.76. The third-order valence-electron chi connectivity index (χ3n) is 2.70. The number of hydrogen-bond acceptors (Lipinski definition) is 2. The predicted octanol–water partition coefficient (Wildman–Crippen LogP) is 3.87. The zero-order valence-electron chi connectivity index (χ0n) is 10.3. The number of aliphatic carboxylic acids is 1. The Kier molecular flexibility index (Phi) is 6.78. The molecule has 17 heavy (non-hydrogen) atoms. The third kappa shape index (κ3) is 6.37. The number of carboxylic acids is 1. The SMILES string of the molecule is Cc1ccccc1CSCCCCCC(=O)O. The van der Waals surface area contributed by atoms with Crippen molar-refractivity contribution in [2.24, 2.45) is 0 Å². The molecule has 1 aromatic carbocycles. The minimum Gasteiger partial charge on any atom is -0.481 e. The maximum atomic E-state index is 10.3. The van der Waals surface area contributed by atoms with Gasteiger partial charge in [-0.25, -0.2) is 0 Å². The minimum atomic E-state index is -0.683. The summed E-state index contributed by atoms with van der Waals surface area (Å²) < 4.78 is 0. The topological polar surface area (TPSA) is 37.3 Å². The Morgan fingerprint density at radius 1 is 1.24 bits per heavy atom. The van der Waals surface area contributed by atoms with Gasteiger partial charge in [0, 0.05) is 12.2 Å². The molecule has 1 rings (SSSR count). The Morgan fingerprint density at radius 3 is 2.71 bits per heavy atom. The van der Waals surface area contributed by atoms with Gasteiger partial charge in [-0.2, -0.15) is 11.8 Å². The van der Waals surface area contributed by atoms with Crippen LogP contribution in [0.1, 0.15) is 36.8 Å². The van der Waals surface area contributed by atoms with Gasteiger partial charge in [-0.1, -0.05) is 30.7 Å². The number of carboxylic acid groups (broad SMARTS) is 1. The highest BCUT2D eigenvalue weighted by molar-refractivity contribution is 7.98. The van der Waals surface area contributed by atoms with E-state index in [2.05, 4.69) is 31.2 Å². The van der Waals surface area contributed by atoms with Crippen molar-refractivity contribution in [2.75, 3.05) is 5.75 Å². The maximum absolute atomic E-state index is 10.3. The monoisotopic (exact) mass is 252 g/mol. The molecule has 3 heteroatoms. The lowest BCUT2D eigenvalue weighted by molar-refractivity contribution is -0.137. The molecule has 0 aliphatic carbocycles. The number of aryl methyl sites for hydroxylation is 1. The fourth-order valence-electron chi connectivity index (χ4n) is 1.61. The molecule has 0 saturated heterocycles. The maximum Gasteiger partial charge on any atom is 0.303 e. The molecule has 0 heterocycles. The highest BCUT2D eigenvalue weighted by Gasteiger charge is 1.98. The van der Waals surface area contributed by atoms with Crippen molar-refractivity contribution in [3.8, 4) is 0 Å². The Balaban J connectivity index is 2.05. The number of thioether (sulfide) groups is 1. The standard InChI is InChI=1S/C14H20O2S/c1-12-7-4-5-8-13(12)11-17-10-6-2-3-9-14(15)16/h4-5,7-8H,2-3,6,9-11H2,1H3,(H,15,16). The summed E-state index contributed by atoms with van der Waals surface area (Å²) in [6.07, 6.45) is 3.25. The van der Waals surface area contributed by atoms with Gasteiger partial charge in [0.05, 0.1) is 0 Å². The van der Waals surface area contributed by atoms with Gasteiger partial charge in [0.2, 0.25) is 0 Å². The molecule has 0 saturated carbocycles. The van der Waals surface area contributed by atoms with Gasteiger partial charge >= 0.3 is 5.97 Å². The van der Waals surface area contributed by atoms with Crippen molar-refractivity contribution in [1.29, 1.82) is 0 Å². The Labute approximate surface area is 107 Å². The van der Waals surface area contributed by atoms with Crippen molar-refractivity contribution in [2.45, 2.75) is 38.4 Å². The second kappa shape index (κ2) is 8.18. The second-order valence-electron chi connectivity index (χ2n) is 4.18. The molecule has 0 atom stereocenters. The molecule has 1 N–H and O–H groups in total. The Bertz CT molecular complexity index is 350. The normalized spacial score (nSPS) is 10.4. The van der Waals surface area contributed by atoms with Gasteiger partial charge < -0.3 is 5.11 Å². The number of hydrogen-bond donors (Lipinski definition) is 1. The summed E-state index contributed by atoms with van der Waals surface area (Å²) in [6, 6.07) is 8.46. The van der Waals surface area contributed by atoms with E-state index in [1.807, 2.05) is 11.8 Å². The molecule has 0 aliphatic heterocycles. The molecule has 0 unspecified atom stereocenters. The van der Waals surface area contributed by atoms with Crippen LogP contribution in [0.4, 0.5) is 0 Å². The van der Waals surface area contributed by atoms with Crippen LogP contribution in [0.25, 0.3) is 0 Å². The highest BCUT2D eigenvalue weighted by atomic mass is 32.2. The largest absolute Gasteiger partial charge is 0.481 e. The first kappa shape index (κ1) is 14.1. The van der Waals surface area contributed by atoms with Crippen molar-refractivity contribution in [3.05, 3.63) is 35.4 Å². The molecular weight excluding hydrogens is 232 g/mol. The second-order valence-corrected chi connectivity index (χ2v) is 5.29. The van der Waals surface area contributed by atoms with E-state index < -0.39 is 5.97 Å². The van der Waals surface area contributed by atoms with Crippen LogP contribution in [0, 0.1) is 6.92 Å². The molecule has 94 valence electrons. The molecule has 0 fully saturated rings. The van der Waals surface area contributed by atoms with E-state index in [4.69, 9.17) is 5.11 Å². The number of carbonyl (C=O) groups is 1. The summed E-state index contributed by atoms with van der Waals surface area (Å²) in [5, 5.41) is 8.49. The van der Waals surface area contributed by atoms with Crippen molar-refractivity contribution in [3.63, 3.8) is 0 Å². The van der Waals surface area contributed by atoms with E-state index >= 15 is 0 Å². The summed E-state index contributed by atoms with van der Waals surface area (Å²) >= 11 is 1.93. The van der Waals surface area contributed by atoms with Gasteiger partial charge in [-0.3, -0.25) is 4.79 Å². The molecule has 0 amide bonds. The first-order valence-electron chi connectivity index (χ1n) is 6.04. The van der Waals surface area contributed by atoms with Crippen molar-refractivity contribution < 1.29 is 9.90 Å². The zero-order valence-corrected chi connectivity index (χ0v) is 11.1. The third-order valence-corrected chi connectivity index (χ3v) is 3.79. The van der Waals surface area contributed by atoms with Gasteiger partial charge in [-0.05, 0) is 36.6 Å². The average Bonchev–Trinajstić information content (AvgIpc) is 2.30. The van der Waals surface area contributed by atoms with E-state index in [-0.39, 0.29) is 0 Å². The van der Waals surface area contributed by atoms with Gasteiger partial charge in [0.15, 0.2) is 0 Å². The quantitative estimate of drug-likeness (QED) is 0.714. The average molecular weight is 252 g/mol. The number of benzene rings is 1. The molecule has 0 aromatic heterocycles. The summed E-state index contributed by atoms with van der Waals surface area (Å²) in [4.78, 5) is 10.3. The van der Waals surface area contributed by atoms with Crippen LogP contribution in [0.2, 0.25) is 0 Å². The lowest BCUT2D eigenvalue weighted by Gasteiger charge is -2.05. The number of unbranched alkanes of at least 4 members (excludes halogenated alkanes) is 2. The first-order chi connectivity index (χ1) is 8.20. The van der Waals surface area contributed by atoms with Gasteiger partial charge in [-0.15, -0.1) is 0 Å². The van der Waals surface area contributed by atoms with E-state index in [1.54, 1.807) is 0 Å². The molecular formula is C14H20O2S. The van der Waals surface area contributed by atoms with Crippen molar-refractivity contribution in [1.82, 2.24) is 0 Å². The van der Waals surface area contributed by atoms with E-state index in [1.165, 1.54) is 11.1 Å². The zero-order chi connectivity index (χ0) is 12.5. The van der Waals surface area contributed by atoms with Crippen LogP contribution in [0.3, 0.4) is 0 Å². The van der Waals surface area contributed by atoms with Crippen LogP contribution in [0.5, 0.6) is 0 Å². The Morgan fingerprint density at radius 2 is 2.00 bits per heavy atom. The van der Waals surface area contributed by atoms with Crippen molar-refractivity contribution >= 4 is 17.7 Å². The van der Waals surface area contributed by atoms with Crippen LogP contribution in [-0.4, -0.2) is 16.8 Å². The van der Waals surface area contributed by atoms with E-state index in [0.29, 0.717) is 6.42 Å². The predicted molar refractivity (Wildman–Crippen MR) is 73.4 cm³/mol. The lowest BCUT2D eigenvalue weighted by Crippen LogP contribution is -1.94.